The number of aromatic nitrogens is 3. The first-order valence-electron chi connectivity index (χ1n) is 9.79. The molecule has 0 saturated heterocycles. The van der Waals surface area contributed by atoms with E-state index in [1.54, 1.807) is 11.9 Å². The summed E-state index contributed by atoms with van der Waals surface area (Å²) in [6, 6.07) is 3.68. The van der Waals surface area contributed by atoms with E-state index in [0.29, 0.717) is 41.7 Å². The van der Waals surface area contributed by atoms with Crippen molar-refractivity contribution < 1.29 is 17.6 Å². The molecule has 12 heteroatoms. The van der Waals surface area contributed by atoms with E-state index in [4.69, 9.17) is 11.6 Å². The van der Waals surface area contributed by atoms with Crippen LogP contribution < -0.4 is 20.9 Å². The molecule has 0 spiro atoms. The van der Waals surface area contributed by atoms with Gasteiger partial charge in [-0.05, 0) is 30.2 Å². The van der Waals surface area contributed by atoms with Gasteiger partial charge in [0.15, 0.2) is 0 Å². The maximum absolute atomic E-state index is 13.6. The maximum atomic E-state index is 13.6. The Labute approximate surface area is 189 Å². The third kappa shape index (κ3) is 4.08. The molecule has 174 valence electrons. The third-order valence-electron chi connectivity index (χ3n) is 5.73. The second kappa shape index (κ2) is 8.22. The van der Waals surface area contributed by atoms with Gasteiger partial charge in [-0.2, -0.15) is 18.3 Å². The van der Waals surface area contributed by atoms with Crippen molar-refractivity contribution in [3.05, 3.63) is 78.8 Å². The molecule has 1 aromatic carbocycles. The fourth-order valence-electron chi connectivity index (χ4n) is 4.02. The minimum absolute atomic E-state index is 0.0483. The topological polar surface area (TPSA) is 74.2 Å². The summed E-state index contributed by atoms with van der Waals surface area (Å²) in [7, 11) is 2.96. The van der Waals surface area contributed by atoms with Gasteiger partial charge < -0.3 is 14.4 Å². The van der Waals surface area contributed by atoms with Crippen LogP contribution in [0.5, 0.6) is 0 Å². The molecule has 1 aliphatic rings. The number of halogens is 5. The molecule has 0 aliphatic carbocycles. The molecule has 2 aromatic heterocycles. The summed E-state index contributed by atoms with van der Waals surface area (Å²) in [5, 5.41) is 5.95. The molecule has 0 atom stereocenters. The Morgan fingerprint density at radius 2 is 1.91 bits per heavy atom. The molecule has 0 bridgehead atoms. The standard InChI is InChI=1S/C21H18ClF4N5O2/c1-29(14-4-3-11(23)7-13(14)21(24,25)26)15-8-18(32)30(2)17-10-31(6-5-12(15)17)16-9-27-28-20(33)19(16)22/h3-4,7-9H,5-6,10H2,1-2H3,(H,28,33). The van der Waals surface area contributed by atoms with Crippen LogP contribution in [0.15, 0.2) is 40.1 Å². The zero-order valence-corrected chi connectivity index (χ0v) is 18.3. The van der Waals surface area contributed by atoms with Crippen LogP contribution in [0.3, 0.4) is 0 Å². The zero-order chi connectivity index (χ0) is 24.1. The third-order valence-corrected chi connectivity index (χ3v) is 6.10. The SMILES string of the molecule is CN(c1ccc(F)cc1C(F)(F)F)c1cc(=O)n(C)c2c1CCN(c1cn[nH]c(=O)c1Cl)C2. The van der Waals surface area contributed by atoms with Crippen molar-refractivity contribution in [2.75, 3.05) is 23.4 Å². The number of H-pyrrole nitrogens is 1. The van der Waals surface area contributed by atoms with Gasteiger partial charge in [-0.3, -0.25) is 9.59 Å². The van der Waals surface area contributed by atoms with Crippen LogP contribution in [-0.2, 0) is 26.2 Å². The van der Waals surface area contributed by atoms with Crippen molar-refractivity contribution in [1.82, 2.24) is 14.8 Å². The van der Waals surface area contributed by atoms with E-state index in [1.165, 1.54) is 28.8 Å². The van der Waals surface area contributed by atoms with Gasteiger partial charge in [-0.1, -0.05) is 11.6 Å². The first kappa shape index (κ1) is 22.8. The van der Waals surface area contributed by atoms with Crippen LogP contribution in [-0.4, -0.2) is 28.4 Å². The molecule has 33 heavy (non-hydrogen) atoms. The highest BCUT2D eigenvalue weighted by molar-refractivity contribution is 6.33. The van der Waals surface area contributed by atoms with E-state index < -0.39 is 28.7 Å². The van der Waals surface area contributed by atoms with Gasteiger partial charge in [0.05, 0.1) is 35.4 Å². The minimum Gasteiger partial charge on any atom is -0.363 e. The lowest BCUT2D eigenvalue weighted by molar-refractivity contribution is -0.137. The van der Waals surface area contributed by atoms with Gasteiger partial charge >= 0.3 is 6.18 Å². The lowest BCUT2D eigenvalue weighted by atomic mass is 10.0. The molecule has 1 N–H and O–H groups in total. The number of alkyl halides is 3. The van der Waals surface area contributed by atoms with Crippen molar-refractivity contribution in [1.29, 1.82) is 0 Å². The number of benzene rings is 1. The lowest BCUT2D eigenvalue weighted by Gasteiger charge is -2.35. The molecule has 7 nitrogen and oxygen atoms in total. The summed E-state index contributed by atoms with van der Waals surface area (Å²) in [6.07, 6.45) is -3.03. The summed E-state index contributed by atoms with van der Waals surface area (Å²) < 4.78 is 55.7. The molecule has 0 radical (unpaired) electrons. The number of rotatable bonds is 3. The quantitative estimate of drug-likeness (QED) is 0.576. The van der Waals surface area contributed by atoms with Crippen molar-refractivity contribution >= 4 is 28.7 Å². The summed E-state index contributed by atoms with van der Waals surface area (Å²) >= 11 is 6.12. The Morgan fingerprint density at radius 1 is 1.18 bits per heavy atom. The molecule has 3 heterocycles. The average Bonchev–Trinajstić information content (AvgIpc) is 2.77. The van der Waals surface area contributed by atoms with Crippen LogP contribution in [0, 0.1) is 5.82 Å². The Kier molecular flexibility index (Phi) is 5.69. The molecular formula is C21H18ClF4N5O2. The van der Waals surface area contributed by atoms with Crippen molar-refractivity contribution in [2.24, 2.45) is 7.05 Å². The van der Waals surface area contributed by atoms with Crippen LogP contribution in [0.1, 0.15) is 16.8 Å². The lowest BCUT2D eigenvalue weighted by Crippen LogP contribution is -2.37. The second-order valence-electron chi connectivity index (χ2n) is 7.64. The van der Waals surface area contributed by atoms with Gasteiger partial charge in [0, 0.05) is 32.4 Å². The van der Waals surface area contributed by atoms with Gasteiger partial charge in [0.1, 0.15) is 10.8 Å². The minimum atomic E-state index is -4.79. The molecule has 0 unspecified atom stereocenters. The second-order valence-corrected chi connectivity index (χ2v) is 8.02. The van der Waals surface area contributed by atoms with E-state index in [1.807, 2.05) is 0 Å². The Bertz CT molecular complexity index is 1350. The number of anilines is 3. The number of nitrogens with zero attached hydrogens (tertiary/aromatic N) is 4. The fourth-order valence-corrected chi connectivity index (χ4v) is 4.23. The molecule has 3 aromatic rings. The first-order chi connectivity index (χ1) is 15.5. The van der Waals surface area contributed by atoms with E-state index in [0.717, 1.165) is 12.1 Å². The van der Waals surface area contributed by atoms with E-state index in [2.05, 4.69) is 10.2 Å². The molecule has 4 rings (SSSR count). The first-order valence-corrected chi connectivity index (χ1v) is 10.2. The highest BCUT2D eigenvalue weighted by atomic mass is 35.5. The molecule has 1 aliphatic heterocycles. The van der Waals surface area contributed by atoms with Crippen LogP contribution in [0.2, 0.25) is 5.02 Å². The fraction of sp³-hybridized carbons (Fsp3) is 0.286. The number of pyridine rings is 1. The summed E-state index contributed by atoms with van der Waals surface area (Å²) in [6.45, 7) is 0.565. The largest absolute Gasteiger partial charge is 0.418 e. The van der Waals surface area contributed by atoms with Crippen LogP contribution in [0.4, 0.5) is 34.6 Å². The van der Waals surface area contributed by atoms with Crippen molar-refractivity contribution in [2.45, 2.75) is 19.1 Å². The predicted octanol–water partition coefficient (Wildman–Crippen LogP) is 3.61. The van der Waals surface area contributed by atoms with Crippen LogP contribution >= 0.6 is 11.6 Å². The van der Waals surface area contributed by atoms with Crippen molar-refractivity contribution in [3.63, 3.8) is 0 Å². The maximum Gasteiger partial charge on any atom is 0.418 e. The predicted molar refractivity (Wildman–Crippen MR) is 116 cm³/mol. The molecular weight excluding hydrogens is 466 g/mol. The monoisotopic (exact) mass is 483 g/mol. The zero-order valence-electron chi connectivity index (χ0n) is 17.5. The molecule has 0 saturated carbocycles. The van der Waals surface area contributed by atoms with E-state index in [9.17, 15) is 27.2 Å². The average molecular weight is 484 g/mol. The van der Waals surface area contributed by atoms with Gasteiger partial charge in [-0.15, -0.1) is 0 Å². The highest BCUT2D eigenvalue weighted by Gasteiger charge is 2.36. The van der Waals surface area contributed by atoms with E-state index >= 15 is 0 Å². The number of hydrogen-bond donors (Lipinski definition) is 1. The Hall–Kier alpha value is -3.34. The van der Waals surface area contributed by atoms with Gasteiger partial charge in [0.2, 0.25) is 0 Å². The smallest absolute Gasteiger partial charge is 0.363 e. The summed E-state index contributed by atoms with van der Waals surface area (Å²) in [5.41, 5.74) is -0.497. The number of aromatic amines is 1. The highest BCUT2D eigenvalue weighted by Crippen LogP contribution is 2.40. The Morgan fingerprint density at radius 3 is 2.61 bits per heavy atom. The van der Waals surface area contributed by atoms with E-state index in [-0.39, 0.29) is 17.3 Å². The van der Waals surface area contributed by atoms with Crippen LogP contribution in [0.25, 0.3) is 0 Å². The molecule has 0 amide bonds. The van der Waals surface area contributed by atoms with Gasteiger partial charge in [0.25, 0.3) is 11.1 Å². The van der Waals surface area contributed by atoms with Crippen molar-refractivity contribution in [3.8, 4) is 0 Å². The Balaban J connectivity index is 1.82. The number of nitrogens with one attached hydrogen (secondary N) is 1. The summed E-state index contributed by atoms with van der Waals surface area (Å²) in [5.74, 6) is -1.01. The molecule has 0 fully saturated rings. The number of hydrogen-bond acceptors (Lipinski definition) is 5. The number of fused-ring (bicyclic) bond motifs is 1. The normalized spacial score (nSPS) is 13.7. The summed E-state index contributed by atoms with van der Waals surface area (Å²) in [4.78, 5) is 27.5. The van der Waals surface area contributed by atoms with Gasteiger partial charge in [-0.25, -0.2) is 9.49 Å².